The van der Waals surface area contributed by atoms with Crippen molar-refractivity contribution in [3.63, 3.8) is 0 Å². The summed E-state index contributed by atoms with van der Waals surface area (Å²) in [5.41, 5.74) is 0. The van der Waals surface area contributed by atoms with Gasteiger partial charge in [0.15, 0.2) is 0 Å². The molecule has 2 amide bonds. The molecule has 2 saturated heterocycles. The Bertz CT molecular complexity index is 510. The van der Waals surface area contributed by atoms with E-state index in [0.29, 0.717) is 6.54 Å². The maximum Gasteiger partial charge on any atom is 0.315 e. The fourth-order valence-electron chi connectivity index (χ4n) is 3.62. The summed E-state index contributed by atoms with van der Waals surface area (Å²) in [6.45, 7) is 8.99. The van der Waals surface area contributed by atoms with Gasteiger partial charge in [0.05, 0.1) is 25.5 Å². The maximum absolute atomic E-state index is 12.3. The molecule has 2 atom stereocenters. The first-order valence-corrected chi connectivity index (χ1v) is 9.34. The van der Waals surface area contributed by atoms with Crippen LogP contribution in [0.4, 0.5) is 4.79 Å². The van der Waals surface area contributed by atoms with Gasteiger partial charge >= 0.3 is 6.03 Å². The van der Waals surface area contributed by atoms with Crippen LogP contribution in [0.25, 0.3) is 0 Å². The molecular weight excluding hydrogens is 320 g/mol. The smallest absolute Gasteiger partial charge is 0.315 e. The number of likely N-dealkylation sites (tertiary alicyclic amines) is 1. The van der Waals surface area contributed by atoms with Crippen molar-refractivity contribution in [1.29, 1.82) is 0 Å². The molecule has 0 radical (unpaired) electrons. The van der Waals surface area contributed by atoms with Gasteiger partial charge in [-0.2, -0.15) is 0 Å². The summed E-state index contributed by atoms with van der Waals surface area (Å²) in [6, 6.07) is 3.99. The van der Waals surface area contributed by atoms with Crippen LogP contribution in [0, 0.1) is 0 Å². The normalized spacial score (nSPS) is 21.8. The van der Waals surface area contributed by atoms with E-state index >= 15 is 0 Å². The first-order valence-electron chi connectivity index (χ1n) is 9.34. The number of carbonyl (C=O) groups is 1. The second-order valence-electron chi connectivity index (χ2n) is 6.94. The Balaban J connectivity index is 1.44. The third-order valence-electron chi connectivity index (χ3n) is 4.92. The van der Waals surface area contributed by atoms with E-state index in [1.165, 1.54) is 12.8 Å². The van der Waals surface area contributed by atoms with Crippen molar-refractivity contribution >= 4 is 6.03 Å². The van der Waals surface area contributed by atoms with Gasteiger partial charge in [0.25, 0.3) is 0 Å². The van der Waals surface area contributed by atoms with E-state index in [1.807, 2.05) is 19.1 Å². The van der Waals surface area contributed by atoms with E-state index in [2.05, 4.69) is 20.4 Å². The Morgan fingerprint density at radius 2 is 2.00 bits per heavy atom. The minimum absolute atomic E-state index is 0.104. The highest BCUT2D eigenvalue weighted by atomic mass is 16.5. The van der Waals surface area contributed by atoms with Crippen LogP contribution in [-0.2, 0) is 4.74 Å². The number of morpholine rings is 1. The lowest BCUT2D eigenvalue weighted by atomic mass is 10.2. The Morgan fingerprint density at radius 3 is 2.68 bits per heavy atom. The third-order valence-corrected chi connectivity index (χ3v) is 4.92. The lowest BCUT2D eigenvalue weighted by Gasteiger charge is -2.30. The van der Waals surface area contributed by atoms with Crippen molar-refractivity contribution in [3.8, 4) is 0 Å². The van der Waals surface area contributed by atoms with E-state index in [4.69, 9.17) is 9.15 Å². The molecule has 2 N–H and O–H groups in total. The number of rotatable bonds is 7. The topological polar surface area (TPSA) is 70.0 Å². The van der Waals surface area contributed by atoms with E-state index < -0.39 is 0 Å². The third kappa shape index (κ3) is 5.45. The lowest BCUT2D eigenvalue weighted by molar-refractivity contribution is 0.0349. The van der Waals surface area contributed by atoms with Crippen molar-refractivity contribution in [3.05, 3.63) is 24.2 Å². The summed E-state index contributed by atoms with van der Waals surface area (Å²) in [5, 5.41) is 6.06. The molecule has 7 heteroatoms. The summed E-state index contributed by atoms with van der Waals surface area (Å²) in [7, 11) is 0. The highest BCUT2D eigenvalue weighted by molar-refractivity contribution is 5.74. The van der Waals surface area contributed by atoms with Crippen LogP contribution in [0.3, 0.4) is 0 Å². The zero-order valence-electron chi connectivity index (χ0n) is 15.1. The van der Waals surface area contributed by atoms with Gasteiger partial charge in [-0.25, -0.2) is 4.79 Å². The molecule has 2 unspecified atom stereocenters. The van der Waals surface area contributed by atoms with Crippen molar-refractivity contribution in [2.75, 3.05) is 52.5 Å². The van der Waals surface area contributed by atoms with Crippen molar-refractivity contribution in [2.24, 2.45) is 0 Å². The number of hydrogen-bond donors (Lipinski definition) is 2. The number of hydrogen-bond acceptors (Lipinski definition) is 5. The van der Waals surface area contributed by atoms with Gasteiger partial charge in [0.2, 0.25) is 0 Å². The molecule has 2 aliphatic rings. The Labute approximate surface area is 149 Å². The van der Waals surface area contributed by atoms with Crippen LogP contribution in [0.1, 0.15) is 31.6 Å². The van der Waals surface area contributed by atoms with Gasteiger partial charge in [-0.3, -0.25) is 9.80 Å². The number of nitrogens with zero attached hydrogens (tertiary/aromatic N) is 2. The summed E-state index contributed by atoms with van der Waals surface area (Å²) in [6.07, 6.45) is 4.11. The standard InChI is InChI=1S/C18H30N4O3/c1-15(14-21-8-11-24-12-9-21)20-18(23)19-13-16(17-5-4-10-25-17)22-6-2-3-7-22/h4-5,10,15-16H,2-3,6-9,11-14H2,1H3,(H2,19,20,23). The van der Waals surface area contributed by atoms with E-state index in [9.17, 15) is 4.79 Å². The molecule has 0 spiro atoms. The predicted octanol–water partition coefficient (Wildman–Crippen LogP) is 1.44. The minimum atomic E-state index is -0.114. The fraction of sp³-hybridized carbons (Fsp3) is 0.722. The number of ether oxygens (including phenoxy) is 1. The molecule has 3 rings (SSSR count). The van der Waals surface area contributed by atoms with E-state index in [1.54, 1.807) is 6.26 Å². The van der Waals surface area contributed by atoms with Gasteiger partial charge < -0.3 is 19.8 Å². The summed E-state index contributed by atoms with van der Waals surface area (Å²) in [4.78, 5) is 17.0. The first kappa shape index (κ1) is 18.2. The minimum Gasteiger partial charge on any atom is -0.468 e. The molecule has 0 bridgehead atoms. The zero-order valence-corrected chi connectivity index (χ0v) is 15.1. The number of carbonyl (C=O) groups excluding carboxylic acids is 1. The summed E-state index contributed by atoms with van der Waals surface area (Å²) in [5.74, 6) is 0.920. The molecule has 3 heterocycles. The highest BCUT2D eigenvalue weighted by Crippen LogP contribution is 2.24. The summed E-state index contributed by atoms with van der Waals surface area (Å²) < 4.78 is 10.9. The van der Waals surface area contributed by atoms with E-state index in [0.717, 1.165) is 51.7 Å². The van der Waals surface area contributed by atoms with Gasteiger partial charge in [-0.15, -0.1) is 0 Å². The molecule has 1 aromatic rings. The molecular formula is C18H30N4O3. The molecule has 0 aliphatic carbocycles. The molecule has 2 aliphatic heterocycles. The van der Waals surface area contributed by atoms with Crippen molar-refractivity contribution in [1.82, 2.24) is 20.4 Å². The Hall–Kier alpha value is -1.57. The number of nitrogens with one attached hydrogen (secondary N) is 2. The van der Waals surface area contributed by atoms with Crippen molar-refractivity contribution < 1.29 is 13.9 Å². The van der Waals surface area contributed by atoms with Gasteiger partial charge in [0, 0.05) is 32.2 Å². The highest BCUT2D eigenvalue weighted by Gasteiger charge is 2.26. The van der Waals surface area contributed by atoms with Crippen LogP contribution in [0.15, 0.2) is 22.8 Å². The predicted molar refractivity (Wildman–Crippen MR) is 95.5 cm³/mol. The van der Waals surface area contributed by atoms with Gasteiger partial charge in [-0.05, 0) is 45.0 Å². The molecule has 7 nitrogen and oxygen atoms in total. The lowest BCUT2D eigenvalue weighted by Crippen LogP contribution is -2.49. The Morgan fingerprint density at radius 1 is 1.24 bits per heavy atom. The second-order valence-corrected chi connectivity index (χ2v) is 6.94. The van der Waals surface area contributed by atoms with Crippen molar-refractivity contribution in [2.45, 2.75) is 31.8 Å². The average molecular weight is 350 g/mol. The molecule has 25 heavy (non-hydrogen) atoms. The number of amides is 2. The van der Waals surface area contributed by atoms with Crippen LogP contribution < -0.4 is 10.6 Å². The molecule has 140 valence electrons. The number of urea groups is 1. The molecule has 2 fully saturated rings. The average Bonchev–Trinajstić information content (AvgIpc) is 3.30. The molecule has 1 aromatic heterocycles. The largest absolute Gasteiger partial charge is 0.468 e. The van der Waals surface area contributed by atoms with Crippen LogP contribution in [0.5, 0.6) is 0 Å². The number of furan rings is 1. The fourth-order valence-corrected chi connectivity index (χ4v) is 3.62. The van der Waals surface area contributed by atoms with Gasteiger partial charge in [-0.1, -0.05) is 0 Å². The molecule has 0 saturated carbocycles. The van der Waals surface area contributed by atoms with Crippen LogP contribution in [0.2, 0.25) is 0 Å². The molecule has 0 aromatic carbocycles. The van der Waals surface area contributed by atoms with Crippen LogP contribution >= 0.6 is 0 Å². The quantitative estimate of drug-likeness (QED) is 0.779. The monoisotopic (exact) mass is 350 g/mol. The van der Waals surface area contributed by atoms with E-state index in [-0.39, 0.29) is 18.1 Å². The summed E-state index contributed by atoms with van der Waals surface area (Å²) >= 11 is 0. The first-order chi connectivity index (χ1) is 12.2. The van der Waals surface area contributed by atoms with Gasteiger partial charge in [0.1, 0.15) is 5.76 Å². The zero-order chi connectivity index (χ0) is 17.5. The maximum atomic E-state index is 12.3. The Kier molecular flexibility index (Phi) is 6.72. The second kappa shape index (κ2) is 9.22. The SMILES string of the molecule is CC(CN1CCOCC1)NC(=O)NCC(c1ccco1)N1CCCC1. The van der Waals surface area contributed by atoms with Crippen LogP contribution in [-0.4, -0.2) is 74.4 Å².